The summed E-state index contributed by atoms with van der Waals surface area (Å²) in [5.41, 5.74) is 8.40. The predicted octanol–water partition coefficient (Wildman–Crippen LogP) is -0.379. The standard InChI is InChI=1S/C12H19N5/c1-8-15-11-3-5-14-4-2-10(11)12(16-8)17-6-9(13)7-17/h9,14H,2-7,13H2,1H3. The van der Waals surface area contributed by atoms with Crippen LogP contribution in [0.1, 0.15) is 17.1 Å². The number of aromatic nitrogens is 2. The molecule has 0 aliphatic carbocycles. The lowest BCUT2D eigenvalue weighted by Gasteiger charge is -2.39. The van der Waals surface area contributed by atoms with Crippen LogP contribution in [0.15, 0.2) is 0 Å². The van der Waals surface area contributed by atoms with Crippen molar-refractivity contribution in [3.8, 4) is 0 Å². The van der Waals surface area contributed by atoms with Crippen LogP contribution >= 0.6 is 0 Å². The van der Waals surface area contributed by atoms with E-state index in [-0.39, 0.29) is 0 Å². The van der Waals surface area contributed by atoms with Crippen LogP contribution < -0.4 is 16.0 Å². The lowest BCUT2D eigenvalue weighted by molar-refractivity contribution is 0.511. The highest BCUT2D eigenvalue weighted by Crippen LogP contribution is 2.26. The van der Waals surface area contributed by atoms with E-state index in [2.05, 4.69) is 20.2 Å². The number of nitrogens with one attached hydrogen (secondary N) is 1. The first-order valence-electron chi connectivity index (χ1n) is 6.31. The van der Waals surface area contributed by atoms with E-state index in [1.807, 2.05) is 6.92 Å². The summed E-state index contributed by atoms with van der Waals surface area (Å²) in [6, 6.07) is 0.310. The Bertz CT molecular complexity index is 425. The summed E-state index contributed by atoms with van der Waals surface area (Å²) in [5, 5.41) is 3.41. The normalized spacial score (nSPS) is 20.7. The molecule has 0 atom stereocenters. The first-order valence-corrected chi connectivity index (χ1v) is 6.31. The first kappa shape index (κ1) is 10.9. The number of nitrogens with zero attached hydrogens (tertiary/aromatic N) is 3. The molecule has 0 unspecified atom stereocenters. The minimum Gasteiger partial charge on any atom is -0.353 e. The van der Waals surface area contributed by atoms with Crippen LogP contribution in [0.4, 0.5) is 5.82 Å². The van der Waals surface area contributed by atoms with Gasteiger partial charge in [0.25, 0.3) is 0 Å². The summed E-state index contributed by atoms with van der Waals surface area (Å²) in [5.74, 6) is 2.00. The average Bonchev–Trinajstić information content (AvgIpc) is 2.48. The smallest absolute Gasteiger partial charge is 0.135 e. The maximum Gasteiger partial charge on any atom is 0.135 e. The van der Waals surface area contributed by atoms with Crippen LogP contribution in [0.2, 0.25) is 0 Å². The van der Waals surface area contributed by atoms with E-state index in [4.69, 9.17) is 5.73 Å². The zero-order chi connectivity index (χ0) is 11.8. The second-order valence-corrected chi connectivity index (χ2v) is 4.93. The third-order valence-corrected chi connectivity index (χ3v) is 3.48. The quantitative estimate of drug-likeness (QED) is 0.692. The Kier molecular flexibility index (Phi) is 2.72. The average molecular weight is 233 g/mol. The summed E-state index contributed by atoms with van der Waals surface area (Å²) in [6.45, 7) is 5.86. The molecule has 0 spiro atoms. The van der Waals surface area contributed by atoms with Gasteiger partial charge in [-0.15, -0.1) is 0 Å². The summed E-state index contributed by atoms with van der Waals surface area (Å²) in [4.78, 5) is 11.5. The minimum atomic E-state index is 0.310. The minimum absolute atomic E-state index is 0.310. The van der Waals surface area contributed by atoms with Gasteiger partial charge in [0.2, 0.25) is 0 Å². The zero-order valence-electron chi connectivity index (χ0n) is 10.2. The van der Waals surface area contributed by atoms with Crippen LogP contribution in [-0.2, 0) is 12.8 Å². The number of rotatable bonds is 1. The maximum atomic E-state index is 5.85. The molecule has 5 heteroatoms. The van der Waals surface area contributed by atoms with Crippen molar-refractivity contribution in [3.63, 3.8) is 0 Å². The fourth-order valence-corrected chi connectivity index (χ4v) is 2.59. The van der Waals surface area contributed by atoms with Crippen molar-refractivity contribution >= 4 is 5.82 Å². The number of hydrogen-bond donors (Lipinski definition) is 2. The van der Waals surface area contributed by atoms with Crippen LogP contribution in [0.3, 0.4) is 0 Å². The summed E-state index contributed by atoms with van der Waals surface area (Å²) in [7, 11) is 0. The lowest BCUT2D eigenvalue weighted by atomic mass is 10.1. The van der Waals surface area contributed by atoms with E-state index in [0.29, 0.717) is 6.04 Å². The lowest BCUT2D eigenvalue weighted by Crippen LogP contribution is -2.56. The van der Waals surface area contributed by atoms with Gasteiger partial charge in [-0.3, -0.25) is 0 Å². The molecule has 1 fully saturated rings. The monoisotopic (exact) mass is 233 g/mol. The molecule has 0 bridgehead atoms. The van der Waals surface area contributed by atoms with Crippen molar-refractivity contribution in [1.29, 1.82) is 0 Å². The SMILES string of the molecule is Cc1nc2c(c(N3CC(N)C3)n1)CCNCC2. The van der Waals surface area contributed by atoms with E-state index in [0.717, 1.165) is 50.7 Å². The largest absolute Gasteiger partial charge is 0.353 e. The van der Waals surface area contributed by atoms with Gasteiger partial charge in [-0.05, 0) is 19.9 Å². The Balaban J connectivity index is 1.98. The molecule has 3 N–H and O–H groups in total. The number of aryl methyl sites for hydroxylation is 1. The predicted molar refractivity (Wildman–Crippen MR) is 67.2 cm³/mol. The van der Waals surface area contributed by atoms with Gasteiger partial charge < -0.3 is 16.0 Å². The number of hydrogen-bond acceptors (Lipinski definition) is 5. The van der Waals surface area contributed by atoms with Crippen molar-refractivity contribution in [2.24, 2.45) is 5.73 Å². The van der Waals surface area contributed by atoms with Gasteiger partial charge in [0, 0.05) is 37.7 Å². The molecule has 3 rings (SSSR count). The Morgan fingerprint density at radius 3 is 2.76 bits per heavy atom. The van der Waals surface area contributed by atoms with E-state index in [1.54, 1.807) is 0 Å². The highest BCUT2D eigenvalue weighted by atomic mass is 15.3. The summed E-state index contributed by atoms with van der Waals surface area (Å²) >= 11 is 0. The molecule has 0 saturated carbocycles. The van der Waals surface area contributed by atoms with Crippen molar-refractivity contribution in [3.05, 3.63) is 17.1 Å². The fourth-order valence-electron chi connectivity index (χ4n) is 2.59. The van der Waals surface area contributed by atoms with Crippen LogP contribution in [-0.4, -0.2) is 42.2 Å². The van der Waals surface area contributed by atoms with Crippen molar-refractivity contribution in [2.75, 3.05) is 31.1 Å². The summed E-state index contributed by atoms with van der Waals surface area (Å²) < 4.78 is 0. The van der Waals surface area contributed by atoms with E-state index in [1.165, 1.54) is 11.3 Å². The Hall–Kier alpha value is -1.20. The number of nitrogens with two attached hydrogens (primary N) is 1. The third kappa shape index (κ3) is 2.00. The van der Waals surface area contributed by atoms with E-state index < -0.39 is 0 Å². The van der Waals surface area contributed by atoms with Gasteiger partial charge >= 0.3 is 0 Å². The van der Waals surface area contributed by atoms with Gasteiger partial charge in [-0.25, -0.2) is 9.97 Å². The van der Waals surface area contributed by atoms with Gasteiger partial charge in [0.05, 0.1) is 5.69 Å². The Morgan fingerprint density at radius 2 is 2.00 bits per heavy atom. The number of fused-ring (bicyclic) bond motifs is 1. The van der Waals surface area contributed by atoms with Gasteiger partial charge in [-0.2, -0.15) is 0 Å². The molecule has 5 nitrogen and oxygen atoms in total. The molecule has 1 aromatic heterocycles. The number of anilines is 1. The summed E-state index contributed by atoms with van der Waals surface area (Å²) in [6.07, 6.45) is 2.03. The molecular weight excluding hydrogens is 214 g/mol. The van der Waals surface area contributed by atoms with Crippen molar-refractivity contribution in [2.45, 2.75) is 25.8 Å². The first-order chi connectivity index (χ1) is 8.24. The molecule has 0 aromatic carbocycles. The highest BCUT2D eigenvalue weighted by molar-refractivity contribution is 5.52. The van der Waals surface area contributed by atoms with Crippen LogP contribution in [0, 0.1) is 6.92 Å². The topological polar surface area (TPSA) is 67.1 Å². The maximum absolute atomic E-state index is 5.85. The second kappa shape index (κ2) is 4.23. The van der Waals surface area contributed by atoms with E-state index in [9.17, 15) is 0 Å². The van der Waals surface area contributed by atoms with E-state index >= 15 is 0 Å². The molecule has 0 amide bonds. The molecular formula is C12H19N5. The van der Waals surface area contributed by atoms with Crippen molar-refractivity contribution in [1.82, 2.24) is 15.3 Å². The second-order valence-electron chi connectivity index (χ2n) is 4.93. The molecule has 2 aliphatic rings. The zero-order valence-corrected chi connectivity index (χ0v) is 10.2. The Morgan fingerprint density at radius 1 is 1.24 bits per heavy atom. The molecule has 0 radical (unpaired) electrons. The van der Waals surface area contributed by atoms with Gasteiger partial charge in [0.15, 0.2) is 0 Å². The van der Waals surface area contributed by atoms with Crippen molar-refractivity contribution < 1.29 is 0 Å². The molecule has 1 aromatic rings. The molecule has 92 valence electrons. The van der Waals surface area contributed by atoms with Gasteiger partial charge in [-0.1, -0.05) is 0 Å². The van der Waals surface area contributed by atoms with Crippen LogP contribution in [0.25, 0.3) is 0 Å². The molecule has 17 heavy (non-hydrogen) atoms. The Labute approximate surface area is 101 Å². The van der Waals surface area contributed by atoms with Crippen LogP contribution in [0.5, 0.6) is 0 Å². The fraction of sp³-hybridized carbons (Fsp3) is 0.667. The van der Waals surface area contributed by atoms with Gasteiger partial charge in [0.1, 0.15) is 11.6 Å². The third-order valence-electron chi connectivity index (χ3n) is 3.48. The molecule has 2 aliphatic heterocycles. The molecule has 3 heterocycles. The highest BCUT2D eigenvalue weighted by Gasteiger charge is 2.28. The molecule has 1 saturated heterocycles.